The van der Waals surface area contributed by atoms with Crippen LogP contribution in [-0.2, 0) is 22.4 Å². The van der Waals surface area contributed by atoms with Gasteiger partial charge in [-0.3, -0.25) is 9.59 Å². The zero-order valence-electron chi connectivity index (χ0n) is 10.7. The SMILES string of the molecule is CCOC(=O)Cc1c(N)nc(CCC(F)(F)F)[nH]c1=O. The minimum atomic E-state index is -4.35. The van der Waals surface area contributed by atoms with Gasteiger partial charge in [0.1, 0.15) is 11.6 Å². The predicted molar refractivity (Wildman–Crippen MR) is 64.0 cm³/mol. The number of carbonyl (C=O) groups is 1. The zero-order chi connectivity index (χ0) is 15.3. The first-order valence-electron chi connectivity index (χ1n) is 5.83. The van der Waals surface area contributed by atoms with Crippen LogP contribution in [0.5, 0.6) is 0 Å². The number of nitrogens with two attached hydrogens (primary N) is 1. The van der Waals surface area contributed by atoms with Gasteiger partial charge in [-0.2, -0.15) is 13.2 Å². The average molecular weight is 293 g/mol. The van der Waals surface area contributed by atoms with Gasteiger partial charge >= 0.3 is 12.1 Å². The van der Waals surface area contributed by atoms with Crippen LogP contribution in [0.3, 0.4) is 0 Å². The lowest BCUT2D eigenvalue weighted by atomic mass is 10.2. The van der Waals surface area contributed by atoms with E-state index in [1.807, 2.05) is 0 Å². The standard InChI is InChI=1S/C11H14F3N3O3/c1-2-20-8(18)5-6-9(15)16-7(17-10(6)19)3-4-11(12,13)14/h2-5H2,1H3,(H3,15,16,17,19). The van der Waals surface area contributed by atoms with Crippen molar-refractivity contribution in [1.82, 2.24) is 9.97 Å². The number of hydrogen-bond donors (Lipinski definition) is 2. The molecule has 1 heterocycles. The van der Waals surface area contributed by atoms with Crippen molar-refractivity contribution in [2.24, 2.45) is 0 Å². The first-order chi connectivity index (χ1) is 9.23. The maximum atomic E-state index is 12.1. The van der Waals surface area contributed by atoms with Crippen LogP contribution in [-0.4, -0.2) is 28.7 Å². The van der Waals surface area contributed by atoms with Crippen molar-refractivity contribution in [3.8, 4) is 0 Å². The van der Waals surface area contributed by atoms with Gasteiger partial charge < -0.3 is 15.5 Å². The molecule has 3 N–H and O–H groups in total. The number of nitrogens with zero attached hydrogens (tertiary/aromatic N) is 1. The highest BCUT2D eigenvalue weighted by molar-refractivity contribution is 5.74. The largest absolute Gasteiger partial charge is 0.466 e. The van der Waals surface area contributed by atoms with Crippen LogP contribution in [0.4, 0.5) is 19.0 Å². The van der Waals surface area contributed by atoms with E-state index < -0.39 is 30.5 Å². The van der Waals surface area contributed by atoms with Crippen LogP contribution in [0.1, 0.15) is 24.7 Å². The minimum absolute atomic E-state index is 0.112. The lowest BCUT2D eigenvalue weighted by Crippen LogP contribution is -2.23. The van der Waals surface area contributed by atoms with Crippen molar-refractivity contribution < 1.29 is 22.7 Å². The summed E-state index contributed by atoms with van der Waals surface area (Å²) in [6, 6.07) is 0. The molecule has 0 aliphatic carbocycles. The number of aromatic amines is 1. The molecule has 1 aromatic rings. The van der Waals surface area contributed by atoms with Crippen molar-refractivity contribution in [2.45, 2.75) is 32.4 Å². The Bertz CT molecular complexity index is 540. The number of nitrogens with one attached hydrogen (secondary N) is 1. The summed E-state index contributed by atoms with van der Waals surface area (Å²) in [6.07, 6.45) is -6.33. The molecule has 0 atom stereocenters. The summed E-state index contributed by atoms with van der Waals surface area (Å²) in [7, 11) is 0. The smallest absolute Gasteiger partial charge is 0.389 e. The maximum Gasteiger partial charge on any atom is 0.389 e. The van der Waals surface area contributed by atoms with E-state index in [2.05, 4.69) is 14.7 Å². The Hall–Kier alpha value is -2.06. The summed E-state index contributed by atoms with van der Waals surface area (Å²) >= 11 is 0. The Labute approximate surface area is 112 Å². The van der Waals surface area contributed by atoms with E-state index >= 15 is 0 Å². The van der Waals surface area contributed by atoms with Crippen LogP contribution in [0, 0.1) is 0 Å². The summed E-state index contributed by atoms with van der Waals surface area (Å²) in [5, 5.41) is 0. The third-order valence-electron chi connectivity index (χ3n) is 2.37. The van der Waals surface area contributed by atoms with Crippen LogP contribution in [0.2, 0.25) is 0 Å². The first kappa shape index (κ1) is 16.0. The van der Waals surface area contributed by atoms with Gasteiger partial charge in [-0.05, 0) is 6.92 Å². The maximum absolute atomic E-state index is 12.1. The number of halogens is 3. The number of esters is 1. The Morgan fingerprint density at radius 3 is 2.60 bits per heavy atom. The quantitative estimate of drug-likeness (QED) is 0.788. The second-order valence-electron chi connectivity index (χ2n) is 3.97. The highest BCUT2D eigenvalue weighted by Crippen LogP contribution is 2.21. The van der Waals surface area contributed by atoms with Crippen LogP contribution >= 0.6 is 0 Å². The van der Waals surface area contributed by atoms with E-state index in [1.165, 1.54) is 0 Å². The molecule has 0 radical (unpaired) electrons. The lowest BCUT2D eigenvalue weighted by molar-refractivity contribution is -0.142. The predicted octanol–water partition coefficient (Wildman–Crippen LogP) is 0.953. The van der Waals surface area contributed by atoms with E-state index in [0.29, 0.717) is 0 Å². The van der Waals surface area contributed by atoms with Crippen molar-refractivity contribution in [3.05, 3.63) is 21.7 Å². The molecular formula is C11H14F3N3O3. The van der Waals surface area contributed by atoms with Crippen molar-refractivity contribution >= 4 is 11.8 Å². The molecule has 9 heteroatoms. The third kappa shape index (κ3) is 4.90. The van der Waals surface area contributed by atoms with E-state index in [4.69, 9.17) is 5.73 Å². The van der Waals surface area contributed by atoms with E-state index in [9.17, 15) is 22.8 Å². The molecule has 20 heavy (non-hydrogen) atoms. The van der Waals surface area contributed by atoms with Gasteiger partial charge in [0.05, 0.1) is 25.0 Å². The molecule has 0 bridgehead atoms. The number of rotatable bonds is 5. The fourth-order valence-electron chi connectivity index (χ4n) is 1.47. The van der Waals surface area contributed by atoms with Gasteiger partial charge in [0, 0.05) is 6.42 Å². The Balaban J connectivity index is 2.86. The Morgan fingerprint density at radius 1 is 1.45 bits per heavy atom. The summed E-state index contributed by atoms with van der Waals surface area (Å²) < 4.78 is 40.9. The van der Waals surface area contributed by atoms with E-state index in [0.717, 1.165) is 0 Å². The molecule has 0 saturated carbocycles. The number of aryl methyl sites for hydroxylation is 1. The Kier molecular flexibility index (Phi) is 5.12. The molecule has 0 aliphatic rings. The lowest BCUT2D eigenvalue weighted by Gasteiger charge is -2.08. The molecule has 0 spiro atoms. The molecule has 0 aliphatic heterocycles. The monoisotopic (exact) mass is 293 g/mol. The number of aromatic nitrogens is 2. The fraction of sp³-hybridized carbons (Fsp3) is 0.545. The van der Waals surface area contributed by atoms with Crippen molar-refractivity contribution in [2.75, 3.05) is 12.3 Å². The van der Waals surface area contributed by atoms with Gasteiger partial charge in [-0.15, -0.1) is 0 Å². The molecule has 0 saturated heterocycles. The highest BCUT2D eigenvalue weighted by atomic mass is 19.4. The van der Waals surface area contributed by atoms with Gasteiger partial charge in [0.2, 0.25) is 0 Å². The summed E-state index contributed by atoms with van der Waals surface area (Å²) in [5.41, 5.74) is 4.64. The second-order valence-corrected chi connectivity index (χ2v) is 3.97. The van der Waals surface area contributed by atoms with Crippen LogP contribution in [0.25, 0.3) is 0 Å². The number of anilines is 1. The number of hydrogen-bond acceptors (Lipinski definition) is 5. The van der Waals surface area contributed by atoms with Gasteiger partial charge in [0.25, 0.3) is 5.56 Å². The zero-order valence-corrected chi connectivity index (χ0v) is 10.7. The first-order valence-corrected chi connectivity index (χ1v) is 5.83. The van der Waals surface area contributed by atoms with Gasteiger partial charge in [-0.1, -0.05) is 0 Å². The molecule has 0 unspecified atom stereocenters. The fourth-order valence-corrected chi connectivity index (χ4v) is 1.47. The summed E-state index contributed by atoms with van der Waals surface area (Å²) in [6.45, 7) is 1.75. The van der Waals surface area contributed by atoms with Crippen LogP contribution < -0.4 is 11.3 Å². The average Bonchev–Trinajstić information content (AvgIpc) is 2.31. The number of carbonyl (C=O) groups excluding carboxylic acids is 1. The molecule has 112 valence electrons. The van der Waals surface area contributed by atoms with Gasteiger partial charge in [-0.25, -0.2) is 4.98 Å². The Morgan fingerprint density at radius 2 is 2.10 bits per heavy atom. The van der Waals surface area contributed by atoms with Gasteiger partial charge in [0.15, 0.2) is 0 Å². The molecular weight excluding hydrogens is 279 g/mol. The number of ether oxygens (including phenoxy) is 1. The molecule has 6 nitrogen and oxygen atoms in total. The molecule has 1 aromatic heterocycles. The summed E-state index contributed by atoms with van der Waals surface area (Å²) in [4.78, 5) is 28.8. The van der Waals surface area contributed by atoms with E-state index in [1.54, 1.807) is 6.92 Å². The molecule has 0 fully saturated rings. The summed E-state index contributed by atoms with van der Waals surface area (Å²) in [5.74, 6) is -1.09. The van der Waals surface area contributed by atoms with E-state index in [-0.39, 0.29) is 30.2 Å². The number of alkyl halides is 3. The highest BCUT2D eigenvalue weighted by Gasteiger charge is 2.27. The minimum Gasteiger partial charge on any atom is -0.466 e. The molecule has 1 rings (SSSR count). The number of nitrogen functional groups attached to an aromatic ring is 1. The van der Waals surface area contributed by atoms with Crippen molar-refractivity contribution in [1.29, 1.82) is 0 Å². The van der Waals surface area contributed by atoms with Crippen LogP contribution in [0.15, 0.2) is 4.79 Å². The molecule has 0 amide bonds. The number of H-pyrrole nitrogens is 1. The second kappa shape index (κ2) is 6.40. The molecule has 0 aromatic carbocycles. The third-order valence-corrected chi connectivity index (χ3v) is 2.37. The normalized spacial score (nSPS) is 11.4. The van der Waals surface area contributed by atoms with Crippen molar-refractivity contribution in [3.63, 3.8) is 0 Å². The topological polar surface area (TPSA) is 98.1 Å².